The molecule has 1 aliphatic heterocycles. The maximum atomic E-state index is 13.8. The summed E-state index contributed by atoms with van der Waals surface area (Å²) in [5.74, 6) is 0.518. The topological polar surface area (TPSA) is 82.2 Å². The highest BCUT2D eigenvalue weighted by Gasteiger charge is 2.51. The molecule has 37 heavy (non-hydrogen) atoms. The molecule has 1 unspecified atom stereocenters. The first-order valence-corrected chi connectivity index (χ1v) is 14.0. The summed E-state index contributed by atoms with van der Waals surface area (Å²) in [6.45, 7) is -0.268. The van der Waals surface area contributed by atoms with E-state index in [0.717, 1.165) is 37.8 Å². The number of pyridine rings is 1. The first kappa shape index (κ1) is 25.7. The number of alkyl halides is 3. The Kier molecular flexibility index (Phi) is 7.26. The van der Waals surface area contributed by atoms with Crippen molar-refractivity contribution < 1.29 is 21.6 Å². The number of imidazole rings is 1. The minimum Gasteiger partial charge on any atom is -0.361 e. The molecule has 2 aliphatic rings. The van der Waals surface area contributed by atoms with Gasteiger partial charge < -0.3 is 9.88 Å². The zero-order valence-corrected chi connectivity index (χ0v) is 21.2. The third-order valence-electron chi connectivity index (χ3n) is 7.50. The molecule has 1 fully saturated rings. The molecule has 1 aromatic carbocycles. The van der Waals surface area contributed by atoms with Gasteiger partial charge in [0.25, 0.3) is 0 Å². The summed E-state index contributed by atoms with van der Waals surface area (Å²) in [7, 11) is -5.55. The van der Waals surface area contributed by atoms with Gasteiger partial charge in [0.2, 0.25) is 0 Å². The van der Waals surface area contributed by atoms with Crippen molar-refractivity contribution in [2.45, 2.75) is 63.2 Å². The van der Waals surface area contributed by atoms with Gasteiger partial charge in [0.1, 0.15) is 0 Å². The van der Waals surface area contributed by atoms with Crippen molar-refractivity contribution in [3.05, 3.63) is 66.4 Å². The number of nitrogens with zero attached hydrogens (tertiary/aromatic N) is 4. The Morgan fingerprint density at radius 2 is 1.86 bits per heavy atom. The summed E-state index contributed by atoms with van der Waals surface area (Å²) in [5.41, 5.74) is -2.17. The van der Waals surface area contributed by atoms with Crippen molar-refractivity contribution in [3.63, 3.8) is 0 Å². The number of benzene rings is 1. The number of nitrogens with one attached hydrogen (secondary N) is 1. The van der Waals surface area contributed by atoms with Gasteiger partial charge in [-0.3, -0.25) is 4.98 Å². The molecule has 1 N–H and O–H groups in total. The van der Waals surface area contributed by atoms with Crippen LogP contribution in [-0.2, 0) is 23.1 Å². The summed E-state index contributed by atoms with van der Waals surface area (Å²) in [6.07, 6.45) is 10.8. The molecule has 0 saturated heterocycles. The fourth-order valence-corrected chi connectivity index (χ4v) is 6.58. The van der Waals surface area contributed by atoms with Crippen molar-refractivity contribution in [1.29, 1.82) is 0 Å². The van der Waals surface area contributed by atoms with Gasteiger partial charge in [0.05, 0.1) is 24.3 Å². The standard InChI is InChI=1S/C26H30F3N5O2S/c27-26(28,29)37(35,36)33-16-21(12-11-19-6-1-2-7-19)34(15-20-14-30-18-32-20)25-10-5-8-22(23(25)17-33)24-9-3-4-13-31-24/h3-5,8-10,13-14,18-19,21H,1-2,6-7,11-12,15-17H2,(H,30,32). The Bertz CT molecular complexity index is 1290. The molecule has 0 radical (unpaired) electrons. The van der Waals surface area contributed by atoms with Crippen LogP contribution in [0.1, 0.15) is 49.8 Å². The SMILES string of the molecule is O=S(=O)(N1Cc2c(-c3ccccn3)cccc2N(Cc2cnc[nH]2)C(CCC2CCCC2)C1)C(F)(F)F. The van der Waals surface area contributed by atoms with Crippen LogP contribution in [0.15, 0.2) is 55.1 Å². The van der Waals surface area contributed by atoms with Gasteiger partial charge in [-0.05, 0) is 37.0 Å². The number of hydrogen-bond acceptors (Lipinski definition) is 5. The first-order valence-electron chi connectivity index (χ1n) is 12.6. The lowest BCUT2D eigenvalue weighted by Crippen LogP contribution is -2.47. The molecule has 7 nitrogen and oxygen atoms in total. The lowest BCUT2D eigenvalue weighted by atomic mass is 9.96. The number of hydrogen-bond donors (Lipinski definition) is 1. The average molecular weight is 534 g/mol. The summed E-state index contributed by atoms with van der Waals surface area (Å²) >= 11 is 0. The second-order valence-corrected chi connectivity index (χ2v) is 11.8. The van der Waals surface area contributed by atoms with Crippen LogP contribution in [0.4, 0.5) is 18.9 Å². The van der Waals surface area contributed by atoms with Crippen molar-refractivity contribution in [3.8, 4) is 11.3 Å². The predicted molar refractivity (Wildman–Crippen MR) is 135 cm³/mol. The van der Waals surface area contributed by atoms with Crippen molar-refractivity contribution in [2.24, 2.45) is 5.92 Å². The maximum absolute atomic E-state index is 13.8. The molecular weight excluding hydrogens is 503 g/mol. The third kappa shape index (κ3) is 5.38. The Labute approximate surface area is 214 Å². The molecule has 2 aromatic heterocycles. The number of rotatable bonds is 7. The fraction of sp³-hybridized carbons (Fsp3) is 0.462. The molecule has 11 heteroatoms. The van der Waals surface area contributed by atoms with E-state index in [9.17, 15) is 21.6 Å². The molecule has 1 atom stereocenters. The Balaban J connectivity index is 1.63. The third-order valence-corrected chi connectivity index (χ3v) is 9.05. The van der Waals surface area contributed by atoms with Gasteiger partial charge in [0.15, 0.2) is 0 Å². The average Bonchev–Trinajstić information content (AvgIpc) is 3.56. The summed E-state index contributed by atoms with van der Waals surface area (Å²) < 4.78 is 67.7. The Morgan fingerprint density at radius 3 is 2.54 bits per heavy atom. The summed E-state index contributed by atoms with van der Waals surface area (Å²) in [5, 5.41) is 0. The molecule has 5 rings (SSSR count). The molecule has 198 valence electrons. The zero-order valence-electron chi connectivity index (χ0n) is 20.4. The molecule has 3 heterocycles. The summed E-state index contributed by atoms with van der Waals surface area (Å²) in [4.78, 5) is 13.7. The number of anilines is 1. The second-order valence-electron chi connectivity index (χ2n) is 9.85. The monoisotopic (exact) mass is 533 g/mol. The molecule has 0 bridgehead atoms. The number of aromatic amines is 1. The molecule has 3 aromatic rings. The van der Waals surface area contributed by atoms with Crippen LogP contribution in [-0.4, -0.2) is 45.8 Å². The highest BCUT2D eigenvalue weighted by Crippen LogP contribution is 2.40. The van der Waals surface area contributed by atoms with Crippen LogP contribution >= 0.6 is 0 Å². The number of H-pyrrole nitrogens is 1. The smallest absolute Gasteiger partial charge is 0.361 e. The fourth-order valence-electron chi connectivity index (χ4n) is 5.62. The summed E-state index contributed by atoms with van der Waals surface area (Å²) in [6, 6.07) is 10.4. The molecule has 1 saturated carbocycles. The predicted octanol–water partition coefficient (Wildman–Crippen LogP) is 5.48. The molecular formula is C26H30F3N5O2S. The van der Waals surface area contributed by atoms with E-state index in [1.54, 1.807) is 43.0 Å². The van der Waals surface area contributed by atoms with Crippen LogP contribution in [0.5, 0.6) is 0 Å². The van der Waals surface area contributed by atoms with E-state index in [-0.39, 0.29) is 13.1 Å². The van der Waals surface area contributed by atoms with E-state index in [1.165, 1.54) is 0 Å². The van der Waals surface area contributed by atoms with Crippen molar-refractivity contribution >= 4 is 15.7 Å². The minimum absolute atomic E-state index is 0.251. The van der Waals surface area contributed by atoms with E-state index < -0.39 is 21.6 Å². The number of sulfonamides is 1. The normalized spacial score (nSPS) is 19.6. The molecule has 0 amide bonds. The van der Waals surface area contributed by atoms with Gasteiger partial charge in [-0.25, -0.2) is 13.4 Å². The number of aromatic nitrogens is 3. The van der Waals surface area contributed by atoms with Crippen molar-refractivity contribution in [2.75, 3.05) is 11.4 Å². The van der Waals surface area contributed by atoms with E-state index >= 15 is 0 Å². The minimum atomic E-state index is -5.55. The van der Waals surface area contributed by atoms with E-state index in [0.29, 0.717) is 45.7 Å². The van der Waals surface area contributed by atoms with Crippen molar-refractivity contribution in [1.82, 2.24) is 19.3 Å². The van der Waals surface area contributed by atoms with E-state index in [1.807, 2.05) is 12.1 Å². The zero-order chi connectivity index (χ0) is 26.0. The molecule has 1 aliphatic carbocycles. The highest BCUT2D eigenvalue weighted by atomic mass is 32.2. The highest BCUT2D eigenvalue weighted by molar-refractivity contribution is 7.89. The Hall–Kier alpha value is -2.92. The lowest BCUT2D eigenvalue weighted by Gasteiger charge is -2.34. The quantitative estimate of drug-likeness (QED) is 0.435. The maximum Gasteiger partial charge on any atom is 0.511 e. The van der Waals surface area contributed by atoms with Crippen LogP contribution in [0.25, 0.3) is 11.3 Å². The van der Waals surface area contributed by atoms with Gasteiger partial charge in [-0.15, -0.1) is 0 Å². The van der Waals surface area contributed by atoms with Crippen LogP contribution < -0.4 is 4.90 Å². The number of fused-ring (bicyclic) bond motifs is 1. The van der Waals surface area contributed by atoms with Gasteiger partial charge in [-0.2, -0.15) is 17.5 Å². The lowest BCUT2D eigenvalue weighted by molar-refractivity contribution is -0.0492. The molecule has 0 spiro atoms. The van der Waals surface area contributed by atoms with Gasteiger partial charge in [0, 0.05) is 48.3 Å². The van der Waals surface area contributed by atoms with Gasteiger partial charge in [-0.1, -0.05) is 43.9 Å². The van der Waals surface area contributed by atoms with Crippen LogP contribution in [0.2, 0.25) is 0 Å². The van der Waals surface area contributed by atoms with Crippen LogP contribution in [0.3, 0.4) is 0 Å². The largest absolute Gasteiger partial charge is 0.511 e. The Morgan fingerprint density at radius 1 is 1.05 bits per heavy atom. The van der Waals surface area contributed by atoms with Crippen LogP contribution in [0, 0.1) is 5.92 Å². The number of halogens is 3. The first-order chi connectivity index (χ1) is 17.7. The van der Waals surface area contributed by atoms with E-state index in [2.05, 4.69) is 19.9 Å². The van der Waals surface area contributed by atoms with E-state index in [4.69, 9.17) is 0 Å². The van der Waals surface area contributed by atoms with Gasteiger partial charge >= 0.3 is 15.5 Å². The second kappa shape index (κ2) is 10.4.